The van der Waals surface area contributed by atoms with Gasteiger partial charge in [-0.15, -0.1) is 11.8 Å². The summed E-state index contributed by atoms with van der Waals surface area (Å²) in [6.07, 6.45) is 3.55. The number of ether oxygens (including phenoxy) is 2. The molecule has 0 fully saturated rings. The van der Waals surface area contributed by atoms with Crippen molar-refractivity contribution in [3.63, 3.8) is 0 Å². The highest BCUT2D eigenvalue weighted by molar-refractivity contribution is 8.45. The van der Waals surface area contributed by atoms with Gasteiger partial charge in [0.25, 0.3) is 0 Å². The van der Waals surface area contributed by atoms with Gasteiger partial charge < -0.3 is 9.47 Å². The van der Waals surface area contributed by atoms with Crippen LogP contribution in [0.15, 0.2) is 22.8 Å². The van der Waals surface area contributed by atoms with Crippen molar-refractivity contribution >= 4 is 50.7 Å². The molecule has 0 aliphatic carbocycles. The van der Waals surface area contributed by atoms with Crippen molar-refractivity contribution in [2.75, 3.05) is 13.0 Å². The molecule has 0 N–H and O–H groups in total. The van der Waals surface area contributed by atoms with Gasteiger partial charge in [0.15, 0.2) is 11.5 Å². The lowest BCUT2D eigenvalue weighted by atomic mass is 10.1. The summed E-state index contributed by atoms with van der Waals surface area (Å²) in [4.78, 5) is 16.0. The van der Waals surface area contributed by atoms with Crippen LogP contribution in [0.2, 0.25) is 5.02 Å². The second kappa shape index (κ2) is 5.11. The number of hydrogen-bond donors (Lipinski definition) is 0. The largest absolute Gasteiger partial charge is 0.454 e. The summed E-state index contributed by atoms with van der Waals surface area (Å²) in [5.74, 6) is 1.25. The van der Waals surface area contributed by atoms with Crippen molar-refractivity contribution in [2.45, 2.75) is 0 Å². The molecule has 0 saturated heterocycles. The maximum atomic E-state index is 11.8. The molecule has 3 rings (SSSR count). The number of nitrogens with zero attached hydrogens (tertiary/aromatic N) is 1. The molecule has 4 nitrogen and oxygen atoms in total. The van der Waals surface area contributed by atoms with Crippen molar-refractivity contribution in [1.29, 1.82) is 0 Å². The van der Waals surface area contributed by atoms with Crippen LogP contribution in [0.4, 0.5) is 0 Å². The Kier molecular flexibility index (Phi) is 3.47. The smallest absolute Gasteiger partial charge is 0.244 e. The molecule has 2 aliphatic heterocycles. The molecule has 0 unspecified atom stereocenters. The van der Waals surface area contributed by atoms with E-state index in [2.05, 4.69) is 4.99 Å². The molecular formula is C12H8ClNO3S2. The van der Waals surface area contributed by atoms with E-state index in [-0.39, 0.29) is 11.9 Å². The molecule has 0 spiro atoms. The summed E-state index contributed by atoms with van der Waals surface area (Å²) in [6.45, 7) is 0.190. The molecule has 1 aromatic carbocycles. The first-order chi connectivity index (χ1) is 9.17. The maximum absolute atomic E-state index is 11.8. The Labute approximate surface area is 123 Å². The highest BCUT2D eigenvalue weighted by atomic mass is 35.5. The van der Waals surface area contributed by atoms with Crippen LogP contribution in [0.5, 0.6) is 11.5 Å². The Balaban J connectivity index is 2.00. The van der Waals surface area contributed by atoms with Gasteiger partial charge in [-0.3, -0.25) is 4.79 Å². The lowest BCUT2D eigenvalue weighted by Crippen LogP contribution is -1.92. The minimum atomic E-state index is -0.0712. The predicted molar refractivity (Wildman–Crippen MR) is 79.1 cm³/mol. The van der Waals surface area contributed by atoms with Gasteiger partial charge in [-0.2, -0.15) is 0 Å². The van der Waals surface area contributed by atoms with Crippen LogP contribution in [0.1, 0.15) is 5.56 Å². The highest BCUT2D eigenvalue weighted by Gasteiger charge is 2.22. The molecule has 0 saturated carbocycles. The van der Waals surface area contributed by atoms with Crippen molar-refractivity contribution in [3.8, 4) is 11.5 Å². The summed E-state index contributed by atoms with van der Waals surface area (Å²) in [5, 5.41) is 0.431. The summed E-state index contributed by atoms with van der Waals surface area (Å²) in [5.41, 5.74) is 1.09. The van der Waals surface area contributed by atoms with E-state index < -0.39 is 0 Å². The average Bonchev–Trinajstić information content (AvgIpc) is 2.97. The topological polar surface area (TPSA) is 47.9 Å². The molecule has 0 aromatic heterocycles. The third-order valence-corrected chi connectivity index (χ3v) is 4.74. The van der Waals surface area contributed by atoms with E-state index in [9.17, 15) is 4.79 Å². The fourth-order valence-corrected chi connectivity index (χ4v) is 3.14. The van der Waals surface area contributed by atoms with Gasteiger partial charge in [-0.25, -0.2) is 4.99 Å². The van der Waals surface area contributed by atoms with Crippen molar-refractivity contribution in [2.24, 2.45) is 4.99 Å². The van der Waals surface area contributed by atoms with E-state index in [0.717, 1.165) is 16.1 Å². The Morgan fingerprint density at radius 3 is 2.84 bits per heavy atom. The lowest BCUT2D eigenvalue weighted by Gasteiger charge is -2.01. The van der Waals surface area contributed by atoms with E-state index >= 15 is 0 Å². The summed E-state index contributed by atoms with van der Waals surface area (Å²) < 4.78 is 11.3. The Morgan fingerprint density at radius 1 is 1.42 bits per heavy atom. The molecule has 7 heteroatoms. The first kappa shape index (κ1) is 12.9. The molecule has 0 bridgehead atoms. The Hall–Kier alpha value is -1.11. The fourth-order valence-electron chi connectivity index (χ4n) is 1.67. The van der Waals surface area contributed by atoms with Gasteiger partial charge in [0.05, 0.1) is 5.02 Å². The van der Waals surface area contributed by atoms with E-state index in [1.807, 2.05) is 6.26 Å². The normalized spacial score (nSPS) is 19.2. The van der Waals surface area contributed by atoms with Gasteiger partial charge in [-0.05, 0) is 35.7 Å². The molecule has 0 amide bonds. The van der Waals surface area contributed by atoms with E-state index in [0.29, 0.717) is 27.8 Å². The van der Waals surface area contributed by atoms with Crippen molar-refractivity contribution in [3.05, 3.63) is 28.4 Å². The van der Waals surface area contributed by atoms with Gasteiger partial charge in [0.2, 0.25) is 11.9 Å². The number of benzene rings is 1. The van der Waals surface area contributed by atoms with Crippen LogP contribution in [0.3, 0.4) is 0 Å². The standard InChI is InChI=1S/C12H8ClNO3S2/c1-18-12-14-8(11(15)19-12)2-6-3-9-10(4-7(6)13)17-5-16-9/h2-4H,5H2,1H3/b8-2-. The second-order valence-electron chi connectivity index (χ2n) is 3.73. The molecule has 1 aromatic rings. The fraction of sp³-hybridized carbons (Fsp3) is 0.167. The number of hydrogen-bond acceptors (Lipinski definition) is 6. The third kappa shape index (κ3) is 2.48. The number of aliphatic imine (C=N–C) groups is 1. The summed E-state index contributed by atoms with van der Waals surface area (Å²) in [6, 6.07) is 3.43. The molecule has 0 atom stereocenters. The Bertz CT molecular complexity index is 628. The van der Waals surface area contributed by atoms with Crippen LogP contribution in [-0.4, -0.2) is 22.5 Å². The van der Waals surface area contributed by atoms with Crippen LogP contribution < -0.4 is 9.47 Å². The molecule has 0 radical (unpaired) electrons. The number of rotatable bonds is 1. The summed E-state index contributed by atoms with van der Waals surface area (Å²) in [7, 11) is 0. The third-order valence-electron chi connectivity index (χ3n) is 2.56. The Morgan fingerprint density at radius 2 is 2.16 bits per heavy atom. The first-order valence-electron chi connectivity index (χ1n) is 5.33. The molecule has 2 heterocycles. The zero-order chi connectivity index (χ0) is 13.4. The number of fused-ring (bicyclic) bond motifs is 1. The predicted octanol–water partition coefficient (Wildman–Crippen LogP) is 3.40. The second-order valence-corrected chi connectivity index (χ2v) is 6.15. The molecule has 2 aliphatic rings. The SMILES string of the molecule is CSC1=N/C(=C\c2cc3c(cc2Cl)OCO3)C(=O)S1. The zero-order valence-electron chi connectivity index (χ0n) is 9.81. The van der Waals surface area contributed by atoms with Crippen LogP contribution in [0, 0.1) is 0 Å². The van der Waals surface area contributed by atoms with Crippen LogP contribution >= 0.6 is 35.1 Å². The van der Waals surface area contributed by atoms with Gasteiger partial charge in [0, 0.05) is 6.07 Å². The quantitative estimate of drug-likeness (QED) is 0.744. The molecule has 19 heavy (non-hydrogen) atoms. The van der Waals surface area contributed by atoms with Gasteiger partial charge >= 0.3 is 0 Å². The van der Waals surface area contributed by atoms with Crippen molar-refractivity contribution in [1.82, 2.24) is 0 Å². The van der Waals surface area contributed by atoms with Crippen molar-refractivity contribution < 1.29 is 14.3 Å². The number of halogens is 1. The van der Waals surface area contributed by atoms with Gasteiger partial charge in [-0.1, -0.05) is 11.6 Å². The van der Waals surface area contributed by atoms with E-state index in [4.69, 9.17) is 21.1 Å². The van der Waals surface area contributed by atoms with E-state index in [1.165, 1.54) is 11.8 Å². The first-order valence-corrected chi connectivity index (χ1v) is 7.75. The minimum absolute atomic E-state index is 0.0712. The van der Waals surface area contributed by atoms with E-state index in [1.54, 1.807) is 18.2 Å². The maximum Gasteiger partial charge on any atom is 0.244 e. The highest BCUT2D eigenvalue weighted by Crippen LogP contribution is 2.38. The number of carbonyl (C=O) groups is 1. The zero-order valence-corrected chi connectivity index (χ0v) is 12.2. The number of carbonyl (C=O) groups excluding carboxylic acids is 1. The minimum Gasteiger partial charge on any atom is -0.454 e. The van der Waals surface area contributed by atoms with Gasteiger partial charge in [0.1, 0.15) is 10.1 Å². The molecular weight excluding hydrogens is 306 g/mol. The lowest BCUT2D eigenvalue weighted by molar-refractivity contribution is -0.107. The summed E-state index contributed by atoms with van der Waals surface area (Å²) >= 11 is 8.73. The molecule has 98 valence electrons. The van der Waals surface area contributed by atoms with Crippen LogP contribution in [0.25, 0.3) is 6.08 Å². The monoisotopic (exact) mass is 313 g/mol. The average molecular weight is 314 g/mol. The number of thioether (sulfide) groups is 2. The van der Waals surface area contributed by atoms with Crippen LogP contribution in [-0.2, 0) is 4.79 Å².